The van der Waals surface area contributed by atoms with Gasteiger partial charge in [0, 0.05) is 5.69 Å². The van der Waals surface area contributed by atoms with Crippen molar-refractivity contribution in [3.05, 3.63) is 30.3 Å². The number of nitrogen functional groups attached to an aromatic ring is 1. The Morgan fingerprint density at radius 1 is 1.14 bits per heavy atom. The fourth-order valence-electron chi connectivity index (χ4n) is 0.534. The van der Waals surface area contributed by atoms with Crippen molar-refractivity contribution in [3.63, 3.8) is 0 Å². The molecule has 0 aliphatic heterocycles. The number of hydrazine groups is 1. The Balaban J connectivity index is 0. The van der Waals surface area contributed by atoms with Crippen molar-refractivity contribution in [3.8, 4) is 0 Å². The Kier molecular flexibility index (Phi) is 8.40. The lowest BCUT2D eigenvalue weighted by Crippen LogP contribution is -2.05. The van der Waals surface area contributed by atoms with Gasteiger partial charge in [-0.05, 0) is 12.1 Å². The first kappa shape index (κ1) is 15.6. The molecule has 14 heavy (non-hydrogen) atoms. The summed E-state index contributed by atoms with van der Waals surface area (Å²) in [5, 5.41) is 0. The molecule has 5 N–H and O–H groups in total. The van der Waals surface area contributed by atoms with E-state index in [2.05, 4.69) is 5.43 Å². The van der Waals surface area contributed by atoms with Crippen molar-refractivity contribution in [2.24, 2.45) is 5.84 Å². The third-order valence-corrected chi connectivity index (χ3v) is 0.940. The van der Waals surface area contributed by atoms with Crippen molar-refractivity contribution >= 4 is 28.5 Å². The molecule has 0 radical (unpaired) electrons. The van der Waals surface area contributed by atoms with E-state index < -0.39 is 10.4 Å². The Morgan fingerprint density at radius 3 is 1.71 bits per heavy atom. The van der Waals surface area contributed by atoms with Crippen LogP contribution in [0, 0.1) is 0 Å². The van der Waals surface area contributed by atoms with Crippen LogP contribution in [0.25, 0.3) is 0 Å². The third-order valence-electron chi connectivity index (χ3n) is 0.940. The van der Waals surface area contributed by atoms with E-state index in [1.807, 2.05) is 30.3 Å². The predicted molar refractivity (Wildman–Crippen MR) is 55.7 cm³/mol. The van der Waals surface area contributed by atoms with E-state index in [9.17, 15) is 0 Å². The molecule has 0 amide bonds. The Hall–Kier alpha value is -0.860. The summed E-state index contributed by atoms with van der Waals surface area (Å²) >= 11 is 0. The molecule has 0 fully saturated rings. The summed E-state index contributed by atoms with van der Waals surface area (Å²) < 4.78 is 31.6. The molecule has 6 nitrogen and oxygen atoms in total. The number of hydrogen-bond acceptors (Lipinski definition) is 4. The van der Waals surface area contributed by atoms with E-state index in [-0.39, 0.29) is 12.4 Å². The summed E-state index contributed by atoms with van der Waals surface area (Å²) in [4.78, 5) is 0. The highest BCUT2D eigenvalue weighted by Crippen LogP contribution is 2.00. The fraction of sp³-hybridized carbons (Fsp3) is 0. The zero-order valence-corrected chi connectivity index (χ0v) is 8.62. The van der Waals surface area contributed by atoms with Gasteiger partial charge < -0.3 is 5.43 Å². The lowest BCUT2D eigenvalue weighted by atomic mass is 10.3. The topological polar surface area (TPSA) is 113 Å². The maximum absolute atomic E-state index is 8.74. The molecule has 1 aromatic rings. The van der Waals surface area contributed by atoms with Crippen LogP contribution in [-0.2, 0) is 10.4 Å². The first-order valence-electron chi connectivity index (χ1n) is 3.15. The highest BCUT2D eigenvalue weighted by Gasteiger charge is 1.84. The van der Waals surface area contributed by atoms with E-state index in [0.717, 1.165) is 5.69 Å². The van der Waals surface area contributed by atoms with Crippen LogP contribution in [-0.4, -0.2) is 17.5 Å². The molecule has 0 atom stereocenters. The van der Waals surface area contributed by atoms with Crippen molar-refractivity contribution in [2.75, 3.05) is 5.43 Å². The second-order valence-corrected chi connectivity index (χ2v) is 2.85. The molecule has 0 saturated carbocycles. The maximum atomic E-state index is 8.74. The van der Waals surface area contributed by atoms with Gasteiger partial charge in [0.05, 0.1) is 0 Å². The van der Waals surface area contributed by atoms with E-state index >= 15 is 0 Å². The minimum absolute atomic E-state index is 0. The van der Waals surface area contributed by atoms with Crippen molar-refractivity contribution in [2.45, 2.75) is 0 Å². The first-order valence-corrected chi connectivity index (χ1v) is 4.54. The van der Waals surface area contributed by atoms with Gasteiger partial charge in [-0.1, -0.05) is 18.2 Å². The van der Waals surface area contributed by atoms with E-state index in [1.54, 1.807) is 0 Å². The van der Waals surface area contributed by atoms with E-state index in [4.69, 9.17) is 23.4 Å². The second kappa shape index (κ2) is 7.54. The molecule has 0 aliphatic carbocycles. The Morgan fingerprint density at radius 2 is 1.50 bits per heavy atom. The lowest BCUT2D eigenvalue weighted by Gasteiger charge is -1.94. The summed E-state index contributed by atoms with van der Waals surface area (Å²) in [7, 11) is -4.67. The largest absolute Gasteiger partial charge is 0.394 e. The maximum Gasteiger partial charge on any atom is 0.394 e. The Bertz CT molecular complexity index is 321. The lowest BCUT2D eigenvalue weighted by molar-refractivity contribution is 0.381. The molecule has 0 heterocycles. The molecule has 0 aromatic heterocycles. The zero-order valence-electron chi connectivity index (χ0n) is 6.99. The van der Waals surface area contributed by atoms with Crippen molar-refractivity contribution < 1.29 is 17.5 Å². The molecule has 0 unspecified atom stereocenters. The van der Waals surface area contributed by atoms with Gasteiger partial charge in [-0.25, -0.2) is 0 Å². The highest BCUT2D eigenvalue weighted by molar-refractivity contribution is 7.79. The monoisotopic (exact) mass is 242 g/mol. The summed E-state index contributed by atoms with van der Waals surface area (Å²) in [6, 6.07) is 9.60. The molecule has 0 aliphatic rings. The van der Waals surface area contributed by atoms with Gasteiger partial charge in [-0.3, -0.25) is 14.9 Å². The van der Waals surface area contributed by atoms with Gasteiger partial charge in [-0.15, -0.1) is 12.4 Å². The molecule has 0 saturated heterocycles. The quantitative estimate of drug-likeness (QED) is 0.328. The van der Waals surface area contributed by atoms with Crippen LogP contribution in [0.15, 0.2) is 30.3 Å². The van der Waals surface area contributed by atoms with Crippen LogP contribution in [0.5, 0.6) is 0 Å². The molecule has 1 rings (SSSR count). The van der Waals surface area contributed by atoms with Gasteiger partial charge in [-0.2, -0.15) is 8.42 Å². The minimum Gasteiger partial charge on any atom is -0.324 e. The zero-order chi connectivity index (χ0) is 10.3. The molecular formula is C6H11ClN2O4S. The molecular weight excluding hydrogens is 232 g/mol. The van der Waals surface area contributed by atoms with Crippen LogP contribution in [0.2, 0.25) is 0 Å². The number of rotatable bonds is 1. The van der Waals surface area contributed by atoms with E-state index in [0.29, 0.717) is 0 Å². The average Bonchev–Trinajstić information content (AvgIpc) is 2.03. The van der Waals surface area contributed by atoms with Crippen LogP contribution >= 0.6 is 12.4 Å². The number of para-hydroxylation sites is 1. The number of hydrogen-bond donors (Lipinski definition) is 4. The van der Waals surface area contributed by atoms with Crippen LogP contribution < -0.4 is 11.3 Å². The fourth-order valence-corrected chi connectivity index (χ4v) is 0.534. The average molecular weight is 243 g/mol. The Labute approximate surface area is 88.1 Å². The standard InChI is InChI=1S/C6H8N2.ClH.H2O4S/c7-8-6-4-2-1-3-5-6;;1-5(2,3)4/h1-5,8H,7H2;1H;(H2,1,2,3,4). The number of halogens is 1. The number of anilines is 1. The van der Waals surface area contributed by atoms with Gasteiger partial charge in [0.2, 0.25) is 0 Å². The van der Waals surface area contributed by atoms with Gasteiger partial charge >= 0.3 is 10.4 Å². The summed E-state index contributed by atoms with van der Waals surface area (Å²) in [6.07, 6.45) is 0. The van der Waals surface area contributed by atoms with Crippen LogP contribution in [0.1, 0.15) is 0 Å². The second-order valence-electron chi connectivity index (χ2n) is 1.96. The first-order chi connectivity index (χ1) is 5.93. The summed E-state index contributed by atoms with van der Waals surface area (Å²) in [6.45, 7) is 0. The van der Waals surface area contributed by atoms with E-state index in [1.165, 1.54) is 0 Å². The number of benzene rings is 1. The molecule has 8 heteroatoms. The number of nitrogens with two attached hydrogens (primary N) is 1. The SMILES string of the molecule is Cl.NNc1ccccc1.O=S(=O)(O)O. The highest BCUT2D eigenvalue weighted by atomic mass is 35.5. The van der Waals surface area contributed by atoms with Crippen LogP contribution in [0.3, 0.4) is 0 Å². The predicted octanol–water partition coefficient (Wildman–Crippen LogP) is 0.741. The van der Waals surface area contributed by atoms with Gasteiger partial charge in [0.25, 0.3) is 0 Å². The molecule has 0 bridgehead atoms. The minimum atomic E-state index is -4.67. The third kappa shape index (κ3) is 13.7. The molecule has 1 aromatic carbocycles. The normalized spacial score (nSPS) is 9.07. The van der Waals surface area contributed by atoms with Crippen molar-refractivity contribution in [1.82, 2.24) is 0 Å². The summed E-state index contributed by atoms with van der Waals surface area (Å²) in [5.74, 6) is 5.10. The van der Waals surface area contributed by atoms with Crippen LogP contribution in [0.4, 0.5) is 5.69 Å². The smallest absolute Gasteiger partial charge is 0.324 e. The van der Waals surface area contributed by atoms with Crippen molar-refractivity contribution in [1.29, 1.82) is 0 Å². The van der Waals surface area contributed by atoms with Gasteiger partial charge in [0.1, 0.15) is 0 Å². The molecule has 82 valence electrons. The molecule has 0 spiro atoms. The summed E-state index contributed by atoms with van der Waals surface area (Å²) in [5.41, 5.74) is 3.46. The number of nitrogens with one attached hydrogen (secondary N) is 1. The van der Waals surface area contributed by atoms with Gasteiger partial charge in [0.15, 0.2) is 0 Å².